The maximum atomic E-state index is 13.6. The van der Waals surface area contributed by atoms with Crippen molar-refractivity contribution < 1.29 is 14.5 Å². The van der Waals surface area contributed by atoms with Crippen molar-refractivity contribution in [3.8, 4) is 0 Å². The van der Waals surface area contributed by atoms with Crippen LogP contribution in [0.3, 0.4) is 0 Å². The number of benzene rings is 3. The molecule has 1 fully saturated rings. The van der Waals surface area contributed by atoms with E-state index in [2.05, 4.69) is 5.32 Å². The summed E-state index contributed by atoms with van der Waals surface area (Å²) in [6.45, 7) is 4.77. The molecule has 1 saturated heterocycles. The normalized spacial score (nSPS) is 17.1. The first-order valence-corrected chi connectivity index (χ1v) is 15.0. The fraction of sp³-hybridized carbons (Fsp3) is 0.312. The van der Waals surface area contributed by atoms with Crippen molar-refractivity contribution in [1.82, 2.24) is 5.32 Å². The SMILES string of the molecule is O=C(NCCC[NH+]1CCCCCC1)c1ccc(C=C2Sc3ccccc3N(Cc3cccc(Cl)c3)C2=O)cc1. The van der Waals surface area contributed by atoms with Gasteiger partial charge in [0.2, 0.25) is 0 Å². The maximum absolute atomic E-state index is 13.6. The number of hydrogen-bond acceptors (Lipinski definition) is 3. The number of amides is 2. The number of anilines is 1. The van der Waals surface area contributed by atoms with Crippen LogP contribution in [-0.2, 0) is 11.3 Å². The van der Waals surface area contributed by atoms with E-state index in [1.54, 1.807) is 9.80 Å². The molecule has 0 aliphatic carbocycles. The number of likely N-dealkylation sites (tertiary alicyclic amines) is 1. The summed E-state index contributed by atoms with van der Waals surface area (Å²) in [5.74, 6) is -0.100. The van der Waals surface area contributed by atoms with Gasteiger partial charge in [0.1, 0.15) is 0 Å². The summed E-state index contributed by atoms with van der Waals surface area (Å²) in [5, 5.41) is 3.71. The van der Waals surface area contributed by atoms with Crippen molar-refractivity contribution in [2.24, 2.45) is 0 Å². The number of nitrogens with one attached hydrogen (secondary N) is 2. The average Bonchev–Trinajstić information content (AvgIpc) is 3.23. The lowest BCUT2D eigenvalue weighted by molar-refractivity contribution is -0.899. The van der Waals surface area contributed by atoms with E-state index >= 15 is 0 Å². The predicted molar refractivity (Wildman–Crippen MR) is 160 cm³/mol. The van der Waals surface area contributed by atoms with Gasteiger partial charge in [-0.2, -0.15) is 0 Å². The second-order valence-corrected chi connectivity index (χ2v) is 11.8. The van der Waals surface area contributed by atoms with E-state index in [4.69, 9.17) is 11.6 Å². The van der Waals surface area contributed by atoms with Gasteiger partial charge < -0.3 is 15.1 Å². The fourth-order valence-electron chi connectivity index (χ4n) is 5.24. The molecule has 5 nitrogen and oxygen atoms in total. The second-order valence-electron chi connectivity index (χ2n) is 10.2. The highest BCUT2D eigenvalue weighted by molar-refractivity contribution is 8.04. The molecule has 2 aliphatic rings. The molecule has 202 valence electrons. The van der Waals surface area contributed by atoms with Crippen molar-refractivity contribution in [1.29, 1.82) is 0 Å². The number of halogens is 1. The third-order valence-electron chi connectivity index (χ3n) is 7.34. The van der Waals surface area contributed by atoms with Gasteiger partial charge in [-0.1, -0.05) is 59.8 Å². The van der Waals surface area contributed by atoms with Crippen molar-refractivity contribution >= 4 is 46.9 Å². The second kappa shape index (κ2) is 13.3. The van der Waals surface area contributed by atoms with Gasteiger partial charge in [-0.15, -0.1) is 0 Å². The Morgan fingerprint density at radius 2 is 1.74 bits per heavy atom. The zero-order valence-electron chi connectivity index (χ0n) is 22.1. The Kier molecular flexibility index (Phi) is 9.40. The van der Waals surface area contributed by atoms with Gasteiger partial charge in [-0.25, -0.2) is 0 Å². The minimum atomic E-state index is -0.0511. The molecule has 0 radical (unpaired) electrons. The smallest absolute Gasteiger partial charge is 0.265 e. The highest BCUT2D eigenvalue weighted by atomic mass is 35.5. The Bertz CT molecular complexity index is 1330. The molecular formula is C32H35ClN3O2S+. The number of rotatable bonds is 8. The molecule has 3 aromatic carbocycles. The first-order chi connectivity index (χ1) is 19.1. The van der Waals surface area contributed by atoms with Crippen molar-refractivity contribution in [2.45, 2.75) is 43.5 Å². The van der Waals surface area contributed by atoms with Crippen LogP contribution in [0.1, 0.15) is 53.6 Å². The van der Waals surface area contributed by atoms with Crippen LogP contribution < -0.4 is 15.1 Å². The summed E-state index contributed by atoms with van der Waals surface area (Å²) in [6.07, 6.45) is 8.25. The van der Waals surface area contributed by atoms with Gasteiger partial charge in [0, 0.05) is 28.4 Å². The van der Waals surface area contributed by atoms with Crippen LogP contribution in [0.25, 0.3) is 6.08 Å². The summed E-state index contributed by atoms with van der Waals surface area (Å²) < 4.78 is 0. The van der Waals surface area contributed by atoms with Crippen molar-refractivity contribution in [3.05, 3.63) is 99.4 Å². The Hall–Kier alpha value is -3.06. The number of quaternary nitrogens is 1. The molecule has 0 atom stereocenters. The van der Waals surface area contributed by atoms with Gasteiger partial charge in [0.25, 0.3) is 11.8 Å². The number of carbonyl (C=O) groups excluding carboxylic acids is 2. The molecule has 2 amide bonds. The summed E-state index contributed by atoms with van der Waals surface area (Å²) >= 11 is 7.67. The Morgan fingerprint density at radius 3 is 2.51 bits per heavy atom. The topological polar surface area (TPSA) is 53.9 Å². The van der Waals surface area contributed by atoms with Crippen molar-refractivity contribution in [2.75, 3.05) is 31.1 Å². The summed E-state index contributed by atoms with van der Waals surface area (Å²) in [7, 11) is 0. The van der Waals surface area contributed by atoms with Gasteiger partial charge in [-0.05, 0) is 79.3 Å². The third-order valence-corrected chi connectivity index (χ3v) is 8.65. The minimum absolute atomic E-state index is 0.0490. The van der Waals surface area contributed by atoms with Crippen LogP contribution in [0.2, 0.25) is 5.02 Å². The van der Waals surface area contributed by atoms with Gasteiger partial charge in [-0.3, -0.25) is 9.59 Å². The van der Waals surface area contributed by atoms with Crippen LogP contribution >= 0.6 is 23.4 Å². The number of hydrogen-bond donors (Lipinski definition) is 2. The first kappa shape index (κ1) is 27.5. The lowest BCUT2D eigenvalue weighted by Gasteiger charge is -2.30. The molecule has 0 bridgehead atoms. The largest absolute Gasteiger partial charge is 0.352 e. The molecule has 0 spiro atoms. The molecule has 2 heterocycles. The Labute approximate surface area is 240 Å². The first-order valence-electron chi connectivity index (χ1n) is 13.8. The molecule has 5 rings (SSSR count). The number of nitrogens with zero attached hydrogens (tertiary/aromatic N) is 1. The predicted octanol–water partition coefficient (Wildman–Crippen LogP) is 5.60. The fourth-order valence-corrected chi connectivity index (χ4v) is 6.51. The van der Waals surface area contributed by atoms with E-state index in [1.165, 1.54) is 50.5 Å². The summed E-state index contributed by atoms with van der Waals surface area (Å²) in [6, 6.07) is 23.0. The number of carbonyl (C=O) groups is 2. The lowest BCUT2D eigenvalue weighted by Crippen LogP contribution is -3.11. The van der Waals surface area contributed by atoms with Gasteiger partial charge in [0.05, 0.1) is 36.8 Å². The van der Waals surface area contributed by atoms with E-state index < -0.39 is 0 Å². The molecule has 3 aromatic rings. The molecule has 7 heteroatoms. The number of para-hydroxylation sites is 1. The van der Waals surface area contributed by atoms with Crippen LogP contribution in [0.5, 0.6) is 0 Å². The van der Waals surface area contributed by atoms with Crippen LogP contribution in [-0.4, -0.2) is 38.0 Å². The Morgan fingerprint density at radius 1 is 0.974 bits per heavy atom. The monoisotopic (exact) mass is 560 g/mol. The molecule has 2 N–H and O–H groups in total. The molecule has 2 aliphatic heterocycles. The zero-order valence-corrected chi connectivity index (χ0v) is 23.7. The highest BCUT2D eigenvalue weighted by Gasteiger charge is 2.29. The van der Waals surface area contributed by atoms with E-state index in [0.29, 0.717) is 28.6 Å². The Balaban J connectivity index is 1.22. The van der Waals surface area contributed by atoms with E-state index in [0.717, 1.165) is 34.7 Å². The molecule has 0 unspecified atom stereocenters. The molecule has 39 heavy (non-hydrogen) atoms. The lowest BCUT2D eigenvalue weighted by atomic mass is 10.1. The van der Waals surface area contributed by atoms with E-state index in [-0.39, 0.29) is 11.8 Å². The van der Waals surface area contributed by atoms with Crippen LogP contribution in [0.4, 0.5) is 5.69 Å². The highest BCUT2D eigenvalue weighted by Crippen LogP contribution is 2.42. The van der Waals surface area contributed by atoms with Gasteiger partial charge in [0.15, 0.2) is 0 Å². The van der Waals surface area contributed by atoms with E-state index in [1.807, 2.05) is 78.9 Å². The van der Waals surface area contributed by atoms with Gasteiger partial charge >= 0.3 is 0 Å². The molecule has 0 aromatic heterocycles. The zero-order chi connectivity index (χ0) is 27.0. The van der Waals surface area contributed by atoms with Crippen LogP contribution in [0.15, 0.2) is 82.6 Å². The maximum Gasteiger partial charge on any atom is 0.265 e. The third kappa shape index (κ3) is 7.33. The number of thioether (sulfide) groups is 1. The number of fused-ring (bicyclic) bond motifs is 1. The quantitative estimate of drug-likeness (QED) is 0.279. The average molecular weight is 561 g/mol. The van der Waals surface area contributed by atoms with Crippen molar-refractivity contribution in [3.63, 3.8) is 0 Å². The standard InChI is InChI=1S/C32H34ClN3O2S/c33-27-10-7-9-25(21-27)23-36-28-11-3-4-12-29(28)39-30(32(36)38)22-24-13-15-26(16-14-24)31(37)34-17-8-20-35-18-5-1-2-6-19-35/h3-4,7,9-16,21-22H,1-2,5-6,8,17-20,23H2,(H,34,37)/p+1. The molecular weight excluding hydrogens is 526 g/mol. The summed E-state index contributed by atoms with van der Waals surface area (Å²) in [5.41, 5.74) is 3.39. The molecule has 0 saturated carbocycles. The summed E-state index contributed by atoms with van der Waals surface area (Å²) in [4.78, 5) is 31.4. The van der Waals surface area contributed by atoms with E-state index in [9.17, 15) is 9.59 Å². The minimum Gasteiger partial charge on any atom is -0.352 e. The van der Waals surface area contributed by atoms with Crippen LogP contribution in [0, 0.1) is 0 Å².